The minimum absolute atomic E-state index is 0.422. The molecule has 1 atom stereocenters. The highest BCUT2D eigenvalue weighted by molar-refractivity contribution is 5.50. The standard InChI is InChI=1S/C15H12F4N2/c16-12-11(13(17)15(19)20-14(12)18)10-7-4-8-21(10)9-5-2-1-3-6-9/h1-3,5-6,10H,4,7-8H2. The predicted octanol–water partition coefficient (Wildman–Crippen LogP) is 3.98. The minimum atomic E-state index is -1.61. The van der Waals surface area contributed by atoms with Gasteiger partial charge in [-0.3, -0.25) is 0 Å². The quantitative estimate of drug-likeness (QED) is 0.615. The van der Waals surface area contributed by atoms with Crippen LogP contribution in [0.2, 0.25) is 0 Å². The van der Waals surface area contributed by atoms with Crippen LogP contribution >= 0.6 is 0 Å². The lowest BCUT2D eigenvalue weighted by Gasteiger charge is -2.27. The summed E-state index contributed by atoms with van der Waals surface area (Å²) in [7, 11) is 0. The lowest BCUT2D eigenvalue weighted by Crippen LogP contribution is -2.25. The summed E-state index contributed by atoms with van der Waals surface area (Å²) in [5.74, 6) is -6.05. The van der Waals surface area contributed by atoms with Gasteiger partial charge < -0.3 is 4.90 Å². The highest BCUT2D eigenvalue weighted by atomic mass is 19.2. The highest BCUT2D eigenvalue weighted by Crippen LogP contribution is 2.38. The Hall–Kier alpha value is -2.11. The molecule has 6 heteroatoms. The first-order chi connectivity index (χ1) is 10.1. The third-order valence-corrected chi connectivity index (χ3v) is 3.71. The van der Waals surface area contributed by atoms with E-state index in [1.807, 2.05) is 6.07 Å². The number of anilines is 1. The van der Waals surface area contributed by atoms with Crippen molar-refractivity contribution in [1.82, 2.24) is 4.98 Å². The van der Waals surface area contributed by atoms with Gasteiger partial charge in [0, 0.05) is 12.2 Å². The molecule has 1 fully saturated rings. The predicted molar refractivity (Wildman–Crippen MR) is 69.8 cm³/mol. The maximum absolute atomic E-state index is 13.9. The fraction of sp³-hybridized carbons (Fsp3) is 0.267. The van der Waals surface area contributed by atoms with Crippen LogP contribution in [0.4, 0.5) is 23.2 Å². The van der Waals surface area contributed by atoms with Gasteiger partial charge in [0.05, 0.1) is 11.6 Å². The van der Waals surface area contributed by atoms with E-state index in [2.05, 4.69) is 4.98 Å². The number of rotatable bonds is 2. The van der Waals surface area contributed by atoms with Crippen LogP contribution in [-0.4, -0.2) is 11.5 Å². The number of aromatic nitrogens is 1. The summed E-state index contributed by atoms with van der Waals surface area (Å²) in [6.07, 6.45) is 1.11. The Bertz CT molecular complexity index is 634. The summed E-state index contributed by atoms with van der Waals surface area (Å²) in [4.78, 5) is 4.35. The van der Waals surface area contributed by atoms with Crippen molar-refractivity contribution in [2.45, 2.75) is 18.9 Å². The van der Waals surface area contributed by atoms with Gasteiger partial charge in [-0.2, -0.15) is 13.8 Å². The third kappa shape index (κ3) is 2.34. The molecule has 1 aromatic heterocycles. The molecule has 2 heterocycles. The minimum Gasteiger partial charge on any atom is -0.364 e. The molecule has 2 aromatic rings. The van der Waals surface area contributed by atoms with Crippen molar-refractivity contribution < 1.29 is 17.6 Å². The summed E-state index contributed by atoms with van der Waals surface area (Å²) in [5.41, 5.74) is 0.179. The Labute approximate surface area is 119 Å². The van der Waals surface area contributed by atoms with Crippen molar-refractivity contribution >= 4 is 5.69 Å². The summed E-state index contributed by atoms with van der Waals surface area (Å²) in [6.45, 7) is 0.569. The molecule has 0 aliphatic carbocycles. The molecule has 0 spiro atoms. The van der Waals surface area contributed by atoms with Gasteiger partial charge in [-0.15, -0.1) is 0 Å². The van der Waals surface area contributed by atoms with Gasteiger partial charge >= 0.3 is 0 Å². The summed E-state index contributed by atoms with van der Waals surface area (Å²) in [6, 6.07) is 8.27. The van der Waals surface area contributed by atoms with Crippen molar-refractivity contribution in [2.75, 3.05) is 11.4 Å². The topological polar surface area (TPSA) is 16.1 Å². The number of benzene rings is 1. The van der Waals surface area contributed by atoms with Gasteiger partial charge in [-0.1, -0.05) is 18.2 Å². The van der Waals surface area contributed by atoms with Gasteiger partial charge in [0.25, 0.3) is 11.9 Å². The summed E-state index contributed by atoms with van der Waals surface area (Å²) in [5, 5.41) is 0. The number of hydrogen-bond donors (Lipinski definition) is 0. The van der Waals surface area contributed by atoms with Crippen LogP contribution in [0.3, 0.4) is 0 Å². The molecule has 1 aromatic carbocycles. The lowest BCUT2D eigenvalue weighted by atomic mass is 10.0. The second-order valence-corrected chi connectivity index (χ2v) is 4.92. The molecule has 1 aliphatic heterocycles. The van der Waals surface area contributed by atoms with Crippen molar-refractivity contribution in [3.8, 4) is 0 Å². The molecule has 0 saturated carbocycles. The molecule has 1 saturated heterocycles. The van der Waals surface area contributed by atoms with Gasteiger partial charge in [0.1, 0.15) is 0 Å². The SMILES string of the molecule is Fc1nc(F)c(F)c(C2CCCN2c2ccccc2)c1F. The second-order valence-electron chi connectivity index (χ2n) is 4.92. The number of nitrogens with zero attached hydrogens (tertiary/aromatic N) is 2. The van der Waals surface area contributed by atoms with Gasteiger partial charge in [-0.25, -0.2) is 8.78 Å². The molecule has 0 amide bonds. The fourth-order valence-electron chi connectivity index (χ4n) is 2.79. The van der Waals surface area contributed by atoms with Gasteiger partial charge in [0.2, 0.25) is 0 Å². The molecular formula is C15H12F4N2. The van der Waals surface area contributed by atoms with Crippen LogP contribution < -0.4 is 4.90 Å². The van der Waals surface area contributed by atoms with Crippen LogP contribution in [0.25, 0.3) is 0 Å². The molecular weight excluding hydrogens is 284 g/mol. The lowest BCUT2D eigenvalue weighted by molar-refractivity contribution is 0.386. The van der Waals surface area contributed by atoms with Crippen molar-refractivity contribution in [3.05, 3.63) is 59.4 Å². The number of halogens is 4. The summed E-state index contributed by atoms with van der Waals surface area (Å²) < 4.78 is 54.4. The van der Waals surface area contributed by atoms with E-state index in [-0.39, 0.29) is 0 Å². The zero-order valence-corrected chi connectivity index (χ0v) is 11.0. The van der Waals surface area contributed by atoms with E-state index >= 15 is 0 Å². The van der Waals surface area contributed by atoms with Crippen molar-refractivity contribution in [2.24, 2.45) is 0 Å². The molecule has 0 radical (unpaired) electrons. The molecule has 1 unspecified atom stereocenters. The van der Waals surface area contributed by atoms with E-state index in [1.54, 1.807) is 29.2 Å². The number of para-hydroxylation sites is 1. The van der Waals surface area contributed by atoms with E-state index in [1.165, 1.54) is 0 Å². The van der Waals surface area contributed by atoms with E-state index in [0.29, 0.717) is 19.4 Å². The van der Waals surface area contributed by atoms with E-state index in [4.69, 9.17) is 0 Å². The third-order valence-electron chi connectivity index (χ3n) is 3.71. The maximum atomic E-state index is 13.9. The van der Waals surface area contributed by atoms with Crippen LogP contribution in [0.15, 0.2) is 30.3 Å². The Morgan fingerprint density at radius 2 is 1.57 bits per heavy atom. The van der Waals surface area contributed by atoms with Crippen LogP contribution in [-0.2, 0) is 0 Å². The average Bonchev–Trinajstić information content (AvgIpc) is 2.96. The smallest absolute Gasteiger partial charge is 0.252 e. The number of hydrogen-bond acceptors (Lipinski definition) is 2. The normalized spacial score (nSPS) is 18.3. The second kappa shape index (κ2) is 5.35. The number of pyridine rings is 1. The molecule has 2 nitrogen and oxygen atoms in total. The van der Waals surface area contributed by atoms with Gasteiger partial charge in [0.15, 0.2) is 11.6 Å². The zero-order valence-electron chi connectivity index (χ0n) is 11.0. The monoisotopic (exact) mass is 296 g/mol. The van der Waals surface area contributed by atoms with Crippen LogP contribution in [0, 0.1) is 23.5 Å². The summed E-state index contributed by atoms with van der Waals surface area (Å²) >= 11 is 0. The molecule has 110 valence electrons. The largest absolute Gasteiger partial charge is 0.364 e. The van der Waals surface area contributed by atoms with Crippen molar-refractivity contribution in [1.29, 1.82) is 0 Å². The Kier molecular flexibility index (Phi) is 3.53. The van der Waals surface area contributed by atoms with Crippen molar-refractivity contribution in [3.63, 3.8) is 0 Å². The highest BCUT2D eigenvalue weighted by Gasteiger charge is 2.34. The van der Waals surface area contributed by atoms with Gasteiger partial charge in [-0.05, 0) is 25.0 Å². The first kappa shape index (κ1) is 13.9. The molecule has 0 N–H and O–H groups in total. The molecule has 3 rings (SSSR count). The molecule has 1 aliphatic rings. The van der Waals surface area contributed by atoms with Crippen LogP contribution in [0.1, 0.15) is 24.4 Å². The molecule has 21 heavy (non-hydrogen) atoms. The van der Waals surface area contributed by atoms with E-state index in [0.717, 1.165) is 5.69 Å². The van der Waals surface area contributed by atoms with E-state index in [9.17, 15) is 17.6 Å². The first-order valence-electron chi connectivity index (χ1n) is 6.61. The van der Waals surface area contributed by atoms with Crippen LogP contribution in [0.5, 0.6) is 0 Å². The molecule has 0 bridgehead atoms. The average molecular weight is 296 g/mol. The first-order valence-corrected chi connectivity index (χ1v) is 6.61. The Balaban J connectivity index is 2.08. The fourth-order valence-corrected chi connectivity index (χ4v) is 2.79. The Morgan fingerprint density at radius 1 is 0.952 bits per heavy atom. The maximum Gasteiger partial charge on any atom is 0.252 e. The zero-order chi connectivity index (χ0) is 15.0. The van der Waals surface area contributed by atoms with E-state index < -0.39 is 35.1 Å². The Morgan fingerprint density at radius 3 is 2.19 bits per heavy atom.